The zero-order chi connectivity index (χ0) is 19.9. The fourth-order valence-electron chi connectivity index (χ4n) is 3.57. The van der Waals surface area contributed by atoms with Crippen molar-refractivity contribution in [1.82, 2.24) is 14.7 Å². The molecule has 3 rings (SSSR count). The van der Waals surface area contributed by atoms with Gasteiger partial charge in [0.1, 0.15) is 5.75 Å². The molecule has 0 aliphatic carbocycles. The van der Waals surface area contributed by atoms with Crippen LogP contribution < -0.4 is 4.74 Å². The van der Waals surface area contributed by atoms with Crippen LogP contribution in [0.5, 0.6) is 5.75 Å². The van der Waals surface area contributed by atoms with E-state index in [-0.39, 0.29) is 18.4 Å². The van der Waals surface area contributed by atoms with Crippen LogP contribution in [0.25, 0.3) is 0 Å². The minimum Gasteiger partial charge on any atom is -0.484 e. The van der Waals surface area contributed by atoms with E-state index in [1.54, 1.807) is 23.1 Å². The van der Waals surface area contributed by atoms with Gasteiger partial charge in [-0.3, -0.25) is 14.5 Å². The number of benzene rings is 1. The molecule has 0 spiro atoms. The van der Waals surface area contributed by atoms with Crippen LogP contribution in [0.1, 0.15) is 25.7 Å². The van der Waals surface area contributed by atoms with E-state index in [0.29, 0.717) is 48.5 Å². The van der Waals surface area contributed by atoms with Crippen LogP contribution >= 0.6 is 23.2 Å². The normalized spacial score (nSPS) is 18.6. The number of amides is 2. The minimum atomic E-state index is -0.0652. The maximum atomic E-state index is 12.5. The maximum absolute atomic E-state index is 12.5. The van der Waals surface area contributed by atoms with Gasteiger partial charge in [0.15, 0.2) is 6.61 Å². The molecule has 0 saturated carbocycles. The maximum Gasteiger partial charge on any atom is 0.260 e. The molecule has 6 nitrogen and oxygen atoms in total. The van der Waals surface area contributed by atoms with E-state index in [4.69, 9.17) is 27.9 Å². The highest BCUT2D eigenvalue weighted by atomic mass is 35.5. The van der Waals surface area contributed by atoms with Crippen LogP contribution in [0.2, 0.25) is 10.0 Å². The average molecular weight is 428 g/mol. The SMILES string of the molecule is O=C(COc1ccc(Cl)c(Cl)c1)N1CCN(CC(=O)N2CCCCCC2)CC1. The van der Waals surface area contributed by atoms with Crippen molar-refractivity contribution in [2.45, 2.75) is 25.7 Å². The lowest BCUT2D eigenvalue weighted by atomic mass is 10.2. The predicted octanol–water partition coefficient (Wildman–Crippen LogP) is 2.92. The molecule has 0 aromatic heterocycles. The summed E-state index contributed by atoms with van der Waals surface area (Å²) in [6, 6.07) is 4.93. The molecule has 28 heavy (non-hydrogen) atoms. The molecule has 1 aromatic carbocycles. The Labute approximate surface area is 176 Å². The quantitative estimate of drug-likeness (QED) is 0.724. The Hall–Kier alpha value is -1.50. The summed E-state index contributed by atoms with van der Waals surface area (Å²) in [5, 5.41) is 0.848. The Kier molecular flexibility index (Phi) is 7.82. The Morgan fingerprint density at radius 3 is 2.11 bits per heavy atom. The summed E-state index contributed by atoms with van der Waals surface area (Å²) in [7, 11) is 0. The van der Waals surface area contributed by atoms with E-state index in [2.05, 4.69) is 4.90 Å². The number of hydrogen-bond acceptors (Lipinski definition) is 4. The number of hydrogen-bond donors (Lipinski definition) is 0. The molecular weight excluding hydrogens is 401 g/mol. The number of halogens is 2. The van der Waals surface area contributed by atoms with Gasteiger partial charge in [-0.15, -0.1) is 0 Å². The second-order valence-electron chi connectivity index (χ2n) is 7.32. The molecule has 154 valence electrons. The van der Waals surface area contributed by atoms with Gasteiger partial charge >= 0.3 is 0 Å². The topological polar surface area (TPSA) is 53.1 Å². The molecule has 0 bridgehead atoms. The fourth-order valence-corrected chi connectivity index (χ4v) is 3.86. The third kappa shape index (κ3) is 6.00. The highest BCUT2D eigenvalue weighted by Crippen LogP contribution is 2.26. The lowest BCUT2D eigenvalue weighted by Gasteiger charge is -2.35. The monoisotopic (exact) mass is 427 g/mol. The first kappa shape index (κ1) is 21.2. The first-order valence-corrected chi connectivity index (χ1v) is 10.6. The van der Waals surface area contributed by atoms with Crippen molar-refractivity contribution in [3.63, 3.8) is 0 Å². The van der Waals surface area contributed by atoms with Crippen molar-refractivity contribution >= 4 is 35.0 Å². The van der Waals surface area contributed by atoms with E-state index < -0.39 is 0 Å². The molecule has 2 heterocycles. The standard InChI is InChI=1S/C20H27Cl2N3O3/c21-17-6-5-16(13-18(17)22)28-15-20(27)25-11-9-23(10-12-25)14-19(26)24-7-3-1-2-4-8-24/h5-6,13H,1-4,7-12,14-15H2. The Bertz CT molecular complexity index is 685. The number of carbonyl (C=O) groups excluding carboxylic acids is 2. The predicted molar refractivity (Wildman–Crippen MR) is 110 cm³/mol. The Morgan fingerprint density at radius 2 is 1.46 bits per heavy atom. The van der Waals surface area contributed by atoms with Crippen LogP contribution in [0.3, 0.4) is 0 Å². The number of carbonyl (C=O) groups is 2. The summed E-state index contributed by atoms with van der Waals surface area (Å²) in [6.07, 6.45) is 4.64. The average Bonchev–Trinajstić information content (AvgIpc) is 2.99. The summed E-state index contributed by atoms with van der Waals surface area (Å²) >= 11 is 11.8. The highest BCUT2D eigenvalue weighted by Gasteiger charge is 2.24. The van der Waals surface area contributed by atoms with Gasteiger partial charge in [-0.2, -0.15) is 0 Å². The highest BCUT2D eigenvalue weighted by molar-refractivity contribution is 6.42. The van der Waals surface area contributed by atoms with Crippen molar-refractivity contribution in [2.24, 2.45) is 0 Å². The molecule has 2 aliphatic rings. The molecule has 8 heteroatoms. The summed E-state index contributed by atoms with van der Waals surface area (Å²) < 4.78 is 5.53. The van der Waals surface area contributed by atoms with Crippen LogP contribution in [-0.4, -0.2) is 78.9 Å². The van der Waals surface area contributed by atoms with E-state index in [1.807, 2.05) is 4.90 Å². The van der Waals surface area contributed by atoms with Crippen LogP contribution in [-0.2, 0) is 9.59 Å². The van der Waals surface area contributed by atoms with Crippen molar-refractivity contribution < 1.29 is 14.3 Å². The lowest BCUT2D eigenvalue weighted by Crippen LogP contribution is -2.52. The van der Waals surface area contributed by atoms with Gasteiger partial charge in [-0.1, -0.05) is 36.0 Å². The van der Waals surface area contributed by atoms with E-state index in [0.717, 1.165) is 25.9 Å². The number of likely N-dealkylation sites (tertiary alicyclic amines) is 1. The second kappa shape index (κ2) is 10.3. The molecule has 0 N–H and O–H groups in total. The number of ether oxygens (including phenoxy) is 1. The summed E-state index contributed by atoms with van der Waals surface area (Å²) in [6.45, 7) is 4.79. The third-order valence-corrected chi connectivity index (χ3v) is 6.04. The van der Waals surface area contributed by atoms with Crippen molar-refractivity contribution in [3.05, 3.63) is 28.2 Å². The van der Waals surface area contributed by atoms with Gasteiger partial charge in [-0.05, 0) is 25.0 Å². The van der Waals surface area contributed by atoms with Crippen molar-refractivity contribution in [1.29, 1.82) is 0 Å². The van der Waals surface area contributed by atoms with Gasteiger partial charge in [-0.25, -0.2) is 0 Å². The zero-order valence-electron chi connectivity index (χ0n) is 16.0. The molecule has 2 saturated heterocycles. The van der Waals surface area contributed by atoms with Gasteiger partial charge in [0.05, 0.1) is 16.6 Å². The smallest absolute Gasteiger partial charge is 0.260 e. The van der Waals surface area contributed by atoms with Gasteiger partial charge < -0.3 is 14.5 Å². The molecule has 2 aliphatic heterocycles. The number of piperazine rings is 1. The molecule has 0 radical (unpaired) electrons. The summed E-state index contributed by atoms with van der Waals surface area (Å²) in [4.78, 5) is 30.8. The number of nitrogens with zero attached hydrogens (tertiary/aromatic N) is 3. The Balaban J connectivity index is 1.39. The zero-order valence-corrected chi connectivity index (χ0v) is 17.6. The first-order chi connectivity index (χ1) is 13.5. The van der Waals surface area contributed by atoms with E-state index in [1.165, 1.54) is 12.8 Å². The van der Waals surface area contributed by atoms with Crippen LogP contribution in [0, 0.1) is 0 Å². The largest absolute Gasteiger partial charge is 0.484 e. The molecular formula is C20H27Cl2N3O3. The summed E-state index contributed by atoms with van der Waals surface area (Å²) in [5.41, 5.74) is 0. The molecule has 0 atom stereocenters. The fraction of sp³-hybridized carbons (Fsp3) is 0.600. The Morgan fingerprint density at radius 1 is 0.821 bits per heavy atom. The van der Waals surface area contributed by atoms with Crippen LogP contribution in [0.15, 0.2) is 18.2 Å². The molecule has 1 aromatic rings. The second-order valence-corrected chi connectivity index (χ2v) is 8.13. The van der Waals surface area contributed by atoms with Crippen molar-refractivity contribution in [3.8, 4) is 5.75 Å². The molecule has 2 fully saturated rings. The molecule has 0 unspecified atom stereocenters. The summed E-state index contributed by atoms with van der Waals surface area (Å²) in [5.74, 6) is 0.665. The minimum absolute atomic E-state index is 0.0370. The van der Waals surface area contributed by atoms with Gasteiger partial charge in [0.25, 0.3) is 5.91 Å². The van der Waals surface area contributed by atoms with Gasteiger partial charge in [0.2, 0.25) is 5.91 Å². The van der Waals surface area contributed by atoms with Crippen molar-refractivity contribution in [2.75, 3.05) is 52.4 Å². The van der Waals surface area contributed by atoms with E-state index >= 15 is 0 Å². The molecule has 2 amide bonds. The lowest BCUT2D eigenvalue weighted by molar-refractivity contribution is -0.136. The van der Waals surface area contributed by atoms with Crippen LogP contribution in [0.4, 0.5) is 0 Å². The first-order valence-electron chi connectivity index (χ1n) is 9.88. The number of rotatable bonds is 5. The third-order valence-electron chi connectivity index (χ3n) is 5.30. The van der Waals surface area contributed by atoms with E-state index in [9.17, 15) is 9.59 Å². The van der Waals surface area contributed by atoms with Gasteiger partial charge in [0, 0.05) is 45.3 Å².